The average Bonchev–Trinajstić information content (AvgIpc) is 2.93. The first-order chi connectivity index (χ1) is 12.0. The number of aryl methyl sites for hydroxylation is 1. The highest BCUT2D eigenvalue weighted by Crippen LogP contribution is 2.13. The van der Waals surface area contributed by atoms with Gasteiger partial charge in [0.15, 0.2) is 11.2 Å². The van der Waals surface area contributed by atoms with E-state index in [1.54, 1.807) is 7.05 Å². The molecule has 0 saturated carbocycles. The molecule has 0 saturated heterocycles. The van der Waals surface area contributed by atoms with Crippen LogP contribution in [0.4, 0.5) is 0 Å². The van der Waals surface area contributed by atoms with Crippen LogP contribution in [0.1, 0.15) is 39.4 Å². The quantitative estimate of drug-likeness (QED) is 0.648. The van der Waals surface area contributed by atoms with E-state index in [1.807, 2.05) is 11.5 Å². The topological polar surface area (TPSA) is 85.2 Å². The van der Waals surface area contributed by atoms with E-state index in [-0.39, 0.29) is 0 Å². The molecule has 2 rings (SSSR count). The highest BCUT2D eigenvalue weighted by Gasteiger charge is 2.18. The molecule has 0 atom stereocenters. The highest BCUT2D eigenvalue weighted by atomic mass is 16.5. The molecular weight excluding hydrogens is 322 g/mol. The Morgan fingerprint density at radius 3 is 2.44 bits per heavy atom. The van der Waals surface area contributed by atoms with Crippen molar-refractivity contribution >= 4 is 11.2 Å². The van der Waals surface area contributed by atoms with Crippen LogP contribution in [-0.4, -0.2) is 50.3 Å². The molecule has 0 bridgehead atoms. The van der Waals surface area contributed by atoms with Crippen molar-refractivity contribution in [3.05, 3.63) is 26.7 Å². The van der Waals surface area contributed by atoms with Gasteiger partial charge in [0, 0.05) is 20.2 Å². The second-order valence-electron chi connectivity index (χ2n) is 6.14. The largest absolute Gasteiger partial charge is 0.380 e. The number of aromatic amines is 1. The summed E-state index contributed by atoms with van der Waals surface area (Å²) in [5.41, 5.74) is 0.0151. The van der Waals surface area contributed by atoms with Gasteiger partial charge in [0.1, 0.15) is 5.82 Å². The Labute approximate surface area is 147 Å². The number of fused-ring (bicyclic) bond motifs is 1. The normalized spacial score (nSPS) is 11.7. The number of hydrogen-bond donors (Lipinski definition) is 1. The minimum atomic E-state index is -0.447. The van der Waals surface area contributed by atoms with Crippen LogP contribution in [-0.2, 0) is 24.9 Å². The van der Waals surface area contributed by atoms with Gasteiger partial charge in [-0.05, 0) is 32.9 Å². The van der Waals surface area contributed by atoms with Crippen molar-refractivity contribution in [2.24, 2.45) is 7.05 Å². The van der Waals surface area contributed by atoms with Gasteiger partial charge in [-0.1, -0.05) is 13.8 Å². The fourth-order valence-corrected chi connectivity index (χ4v) is 3.04. The van der Waals surface area contributed by atoms with E-state index in [0.29, 0.717) is 37.5 Å². The Balaban J connectivity index is 2.51. The minimum Gasteiger partial charge on any atom is -0.380 e. The van der Waals surface area contributed by atoms with Crippen LogP contribution < -0.4 is 11.2 Å². The summed E-state index contributed by atoms with van der Waals surface area (Å²) >= 11 is 0. The summed E-state index contributed by atoms with van der Waals surface area (Å²) in [7, 11) is 1.63. The smallest absolute Gasteiger partial charge is 0.329 e. The maximum atomic E-state index is 12.4. The van der Waals surface area contributed by atoms with Crippen molar-refractivity contribution in [3.8, 4) is 0 Å². The fraction of sp³-hybridized carbons (Fsp3) is 0.706. The average molecular weight is 351 g/mol. The lowest BCUT2D eigenvalue weighted by Gasteiger charge is -2.21. The van der Waals surface area contributed by atoms with Gasteiger partial charge >= 0.3 is 5.69 Å². The molecule has 25 heavy (non-hydrogen) atoms. The van der Waals surface area contributed by atoms with Crippen LogP contribution in [0.5, 0.6) is 0 Å². The molecule has 2 aromatic rings. The SMILES string of the molecule is CCCN(CCC)Cc1nc2c(c(=O)[nH]c(=O)n2C)n1CCOCC. The van der Waals surface area contributed by atoms with Crippen LogP contribution in [0.15, 0.2) is 9.59 Å². The molecule has 0 spiro atoms. The highest BCUT2D eigenvalue weighted by molar-refractivity contribution is 5.70. The first-order valence-electron chi connectivity index (χ1n) is 9.01. The van der Waals surface area contributed by atoms with Crippen molar-refractivity contribution in [1.82, 2.24) is 24.0 Å². The van der Waals surface area contributed by atoms with E-state index >= 15 is 0 Å². The molecule has 8 nitrogen and oxygen atoms in total. The Hall–Kier alpha value is -1.93. The summed E-state index contributed by atoms with van der Waals surface area (Å²) < 4.78 is 8.74. The maximum Gasteiger partial charge on any atom is 0.329 e. The van der Waals surface area contributed by atoms with Crippen molar-refractivity contribution in [3.63, 3.8) is 0 Å². The number of aromatic nitrogens is 4. The third-order valence-electron chi connectivity index (χ3n) is 4.19. The molecular formula is C17H29N5O3. The molecule has 1 N–H and O–H groups in total. The Morgan fingerprint density at radius 1 is 1.16 bits per heavy atom. The Morgan fingerprint density at radius 2 is 1.84 bits per heavy atom. The third-order valence-corrected chi connectivity index (χ3v) is 4.19. The van der Waals surface area contributed by atoms with Gasteiger partial charge in [0.05, 0.1) is 13.2 Å². The van der Waals surface area contributed by atoms with E-state index in [1.165, 1.54) is 4.57 Å². The number of ether oxygens (including phenoxy) is 1. The van der Waals surface area contributed by atoms with Crippen molar-refractivity contribution < 1.29 is 4.74 Å². The van der Waals surface area contributed by atoms with E-state index in [2.05, 4.69) is 28.7 Å². The Kier molecular flexibility index (Phi) is 6.95. The number of imidazole rings is 1. The van der Waals surface area contributed by atoms with Gasteiger partial charge in [-0.2, -0.15) is 0 Å². The van der Waals surface area contributed by atoms with Gasteiger partial charge in [0.2, 0.25) is 0 Å². The summed E-state index contributed by atoms with van der Waals surface area (Å²) in [4.78, 5) is 33.6. The molecule has 0 radical (unpaired) electrons. The molecule has 0 aliphatic carbocycles. The van der Waals surface area contributed by atoms with Crippen LogP contribution in [0, 0.1) is 0 Å². The number of nitrogens with one attached hydrogen (secondary N) is 1. The van der Waals surface area contributed by atoms with Crippen LogP contribution in [0.25, 0.3) is 11.2 Å². The fourth-order valence-electron chi connectivity index (χ4n) is 3.04. The Bertz CT molecular complexity index is 799. The number of nitrogens with zero attached hydrogens (tertiary/aromatic N) is 4. The number of rotatable bonds is 10. The lowest BCUT2D eigenvalue weighted by atomic mass is 10.3. The predicted octanol–water partition coefficient (Wildman–Crippen LogP) is 1.08. The summed E-state index contributed by atoms with van der Waals surface area (Å²) in [5, 5.41) is 0. The lowest BCUT2D eigenvalue weighted by Crippen LogP contribution is -2.30. The van der Waals surface area contributed by atoms with E-state index in [4.69, 9.17) is 4.74 Å². The molecule has 8 heteroatoms. The zero-order chi connectivity index (χ0) is 18.4. The zero-order valence-corrected chi connectivity index (χ0v) is 15.7. The van der Waals surface area contributed by atoms with Crippen molar-refractivity contribution in [2.45, 2.75) is 46.7 Å². The molecule has 0 unspecified atom stereocenters. The van der Waals surface area contributed by atoms with Gasteiger partial charge < -0.3 is 9.30 Å². The van der Waals surface area contributed by atoms with Gasteiger partial charge in [-0.25, -0.2) is 9.78 Å². The summed E-state index contributed by atoms with van der Waals surface area (Å²) in [5.74, 6) is 0.795. The van der Waals surface area contributed by atoms with Crippen LogP contribution in [0.3, 0.4) is 0 Å². The monoisotopic (exact) mass is 351 g/mol. The second-order valence-corrected chi connectivity index (χ2v) is 6.14. The molecule has 0 aromatic carbocycles. The van der Waals surface area contributed by atoms with E-state index in [0.717, 1.165) is 31.8 Å². The minimum absolute atomic E-state index is 0.397. The molecule has 0 amide bonds. The standard InChI is InChI=1S/C17H29N5O3/c1-5-8-21(9-6-2)12-13-18-15-14(22(13)10-11-25-7-3)16(23)19-17(24)20(15)4/h5-12H2,1-4H3,(H,19,23,24). The van der Waals surface area contributed by atoms with Gasteiger partial charge in [-0.15, -0.1) is 0 Å². The third kappa shape index (κ3) is 4.38. The summed E-state index contributed by atoms with van der Waals surface area (Å²) in [6.45, 7) is 10.5. The second kappa shape index (κ2) is 8.96. The molecule has 0 aliphatic heterocycles. The summed E-state index contributed by atoms with van der Waals surface area (Å²) in [6.07, 6.45) is 2.11. The molecule has 2 aromatic heterocycles. The van der Waals surface area contributed by atoms with Crippen molar-refractivity contribution in [2.75, 3.05) is 26.3 Å². The van der Waals surface area contributed by atoms with Crippen LogP contribution >= 0.6 is 0 Å². The maximum absolute atomic E-state index is 12.4. The number of hydrogen-bond acceptors (Lipinski definition) is 5. The zero-order valence-electron chi connectivity index (χ0n) is 15.7. The van der Waals surface area contributed by atoms with Gasteiger partial charge in [-0.3, -0.25) is 19.2 Å². The van der Waals surface area contributed by atoms with Crippen LogP contribution in [0.2, 0.25) is 0 Å². The molecule has 2 heterocycles. The molecule has 0 aliphatic rings. The first kappa shape index (κ1) is 19.4. The van der Waals surface area contributed by atoms with E-state index in [9.17, 15) is 9.59 Å². The summed E-state index contributed by atoms with van der Waals surface area (Å²) in [6, 6.07) is 0. The van der Waals surface area contributed by atoms with Gasteiger partial charge in [0.25, 0.3) is 5.56 Å². The number of H-pyrrole nitrogens is 1. The molecule has 140 valence electrons. The van der Waals surface area contributed by atoms with Crippen molar-refractivity contribution in [1.29, 1.82) is 0 Å². The van der Waals surface area contributed by atoms with E-state index < -0.39 is 11.2 Å². The lowest BCUT2D eigenvalue weighted by molar-refractivity contribution is 0.138. The predicted molar refractivity (Wildman–Crippen MR) is 97.9 cm³/mol. The first-order valence-corrected chi connectivity index (χ1v) is 9.01. The molecule has 0 fully saturated rings.